The number of H-pyrrole nitrogens is 2. The summed E-state index contributed by atoms with van der Waals surface area (Å²) in [5, 5.41) is 8.79. The third kappa shape index (κ3) is 3.05. The van der Waals surface area contributed by atoms with Gasteiger partial charge < -0.3 is 5.32 Å². The number of fused-ring (bicyclic) bond motifs is 1. The SMILES string of the molecule is CCCCCCNc1cccc2c(=O)[nH][nH]c(=O)c12. The van der Waals surface area contributed by atoms with E-state index in [1.165, 1.54) is 19.3 Å². The summed E-state index contributed by atoms with van der Waals surface area (Å²) in [4.78, 5) is 23.5. The van der Waals surface area contributed by atoms with Gasteiger partial charge in [-0.3, -0.25) is 19.8 Å². The van der Waals surface area contributed by atoms with Crippen LogP contribution in [0, 0.1) is 0 Å². The molecule has 2 rings (SSSR count). The summed E-state index contributed by atoms with van der Waals surface area (Å²) in [7, 11) is 0. The first-order valence-corrected chi connectivity index (χ1v) is 6.71. The highest BCUT2D eigenvalue weighted by Crippen LogP contribution is 2.16. The Labute approximate surface area is 111 Å². The molecular formula is C14H19N3O2. The van der Waals surface area contributed by atoms with E-state index in [2.05, 4.69) is 22.4 Å². The van der Waals surface area contributed by atoms with Gasteiger partial charge in [-0.2, -0.15) is 0 Å². The zero-order valence-electron chi connectivity index (χ0n) is 11.1. The smallest absolute Gasteiger partial charge is 0.272 e. The molecule has 19 heavy (non-hydrogen) atoms. The molecule has 0 aliphatic heterocycles. The van der Waals surface area contributed by atoms with Gasteiger partial charge in [0, 0.05) is 12.2 Å². The fourth-order valence-electron chi connectivity index (χ4n) is 2.15. The van der Waals surface area contributed by atoms with E-state index in [-0.39, 0.29) is 11.1 Å². The maximum atomic E-state index is 11.8. The van der Waals surface area contributed by atoms with Crippen molar-refractivity contribution < 1.29 is 0 Å². The van der Waals surface area contributed by atoms with E-state index in [9.17, 15) is 9.59 Å². The summed E-state index contributed by atoms with van der Waals surface area (Å²) in [6.07, 6.45) is 4.65. The average molecular weight is 261 g/mol. The number of aromatic amines is 2. The van der Waals surface area contributed by atoms with Crippen LogP contribution in [0.4, 0.5) is 5.69 Å². The highest BCUT2D eigenvalue weighted by molar-refractivity contribution is 5.92. The van der Waals surface area contributed by atoms with Crippen molar-refractivity contribution in [1.82, 2.24) is 10.2 Å². The molecule has 1 aromatic carbocycles. The van der Waals surface area contributed by atoms with Crippen LogP contribution in [-0.2, 0) is 0 Å². The number of rotatable bonds is 6. The quantitative estimate of drug-likeness (QED) is 0.698. The molecule has 3 N–H and O–H groups in total. The van der Waals surface area contributed by atoms with E-state index >= 15 is 0 Å². The lowest BCUT2D eigenvalue weighted by Crippen LogP contribution is -2.20. The van der Waals surface area contributed by atoms with Crippen LogP contribution < -0.4 is 16.4 Å². The Hall–Kier alpha value is -2.04. The highest BCUT2D eigenvalue weighted by Gasteiger charge is 2.07. The van der Waals surface area contributed by atoms with Crippen molar-refractivity contribution in [3.05, 3.63) is 38.9 Å². The van der Waals surface area contributed by atoms with Crippen LogP contribution in [-0.4, -0.2) is 16.7 Å². The number of aromatic nitrogens is 2. The lowest BCUT2D eigenvalue weighted by molar-refractivity contribution is 0.685. The Morgan fingerprint density at radius 3 is 2.63 bits per heavy atom. The normalized spacial score (nSPS) is 10.8. The van der Waals surface area contributed by atoms with Crippen molar-refractivity contribution in [2.45, 2.75) is 32.6 Å². The van der Waals surface area contributed by atoms with Crippen molar-refractivity contribution in [3.8, 4) is 0 Å². The first-order valence-electron chi connectivity index (χ1n) is 6.71. The molecule has 0 unspecified atom stereocenters. The fourth-order valence-corrected chi connectivity index (χ4v) is 2.15. The Kier molecular flexibility index (Phi) is 4.39. The van der Waals surface area contributed by atoms with Crippen LogP contribution in [0.1, 0.15) is 32.6 Å². The Morgan fingerprint density at radius 1 is 1.05 bits per heavy atom. The second-order valence-electron chi connectivity index (χ2n) is 4.62. The first kappa shape index (κ1) is 13.4. The Bertz CT molecular complexity index is 658. The van der Waals surface area contributed by atoms with Crippen LogP contribution in [0.5, 0.6) is 0 Å². The maximum Gasteiger partial charge on any atom is 0.272 e. The van der Waals surface area contributed by atoms with Gasteiger partial charge in [-0.15, -0.1) is 0 Å². The summed E-state index contributed by atoms with van der Waals surface area (Å²) < 4.78 is 0. The fraction of sp³-hybridized carbons (Fsp3) is 0.429. The largest absolute Gasteiger partial charge is 0.384 e. The molecule has 0 fully saturated rings. The summed E-state index contributed by atoms with van der Waals surface area (Å²) in [5.74, 6) is 0. The van der Waals surface area contributed by atoms with Crippen molar-refractivity contribution >= 4 is 16.5 Å². The molecule has 5 heteroatoms. The van der Waals surface area contributed by atoms with Crippen LogP contribution in [0.3, 0.4) is 0 Å². The minimum atomic E-state index is -0.274. The third-order valence-corrected chi connectivity index (χ3v) is 3.17. The standard InChI is InChI=1S/C14H19N3O2/c1-2-3-4-5-9-15-11-8-6-7-10-12(11)14(19)17-16-13(10)18/h6-8,15H,2-5,9H2,1H3,(H,16,18)(H,17,19). The molecule has 1 aromatic heterocycles. The van der Waals surface area contributed by atoms with Crippen molar-refractivity contribution in [2.75, 3.05) is 11.9 Å². The van der Waals surface area contributed by atoms with Crippen molar-refractivity contribution in [3.63, 3.8) is 0 Å². The first-order chi connectivity index (χ1) is 9.24. The number of unbranched alkanes of at least 4 members (excludes halogenated alkanes) is 3. The van der Waals surface area contributed by atoms with E-state index in [4.69, 9.17) is 0 Å². The topological polar surface area (TPSA) is 77.8 Å². The molecule has 0 spiro atoms. The number of anilines is 1. The van der Waals surface area contributed by atoms with Crippen LogP contribution in [0.15, 0.2) is 27.8 Å². The van der Waals surface area contributed by atoms with E-state index in [0.717, 1.165) is 18.7 Å². The van der Waals surface area contributed by atoms with Gasteiger partial charge in [0.05, 0.1) is 10.8 Å². The molecule has 0 aliphatic carbocycles. The molecule has 0 saturated heterocycles. The Balaban J connectivity index is 2.22. The molecule has 0 bridgehead atoms. The number of hydrogen-bond acceptors (Lipinski definition) is 3. The monoisotopic (exact) mass is 261 g/mol. The summed E-state index contributed by atoms with van der Waals surface area (Å²) in [6.45, 7) is 2.98. The summed E-state index contributed by atoms with van der Waals surface area (Å²) >= 11 is 0. The van der Waals surface area contributed by atoms with E-state index in [1.807, 2.05) is 6.07 Å². The summed E-state index contributed by atoms with van der Waals surface area (Å²) in [5.41, 5.74) is 0.178. The van der Waals surface area contributed by atoms with E-state index in [0.29, 0.717) is 10.8 Å². The molecule has 102 valence electrons. The second-order valence-corrected chi connectivity index (χ2v) is 4.62. The van der Waals surface area contributed by atoms with E-state index < -0.39 is 0 Å². The van der Waals surface area contributed by atoms with Gasteiger partial charge in [0.1, 0.15) is 0 Å². The zero-order valence-corrected chi connectivity index (χ0v) is 11.1. The number of benzene rings is 1. The molecule has 2 aromatic rings. The van der Waals surface area contributed by atoms with Crippen molar-refractivity contribution in [2.24, 2.45) is 0 Å². The van der Waals surface area contributed by atoms with Gasteiger partial charge in [0.15, 0.2) is 0 Å². The lowest BCUT2D eigenvalue weighted by Gasteiger charge is -2.08. The molecule has 0 saturated carbocycles. The molecule has 5 nitrogen and oxygen atoms in total. The van der Waals surface area contributed by atoms with Gasteiger partial charge in [-0.05, 0) is 18.6 Å². The molecule has 0 aliphatic rings. The molecular weight excluding hydrogens is 242 g/mol. The molecule has 0 atom stereocenters. The Morgan fingerprint density at radius 2 is 1.84 bits per heavy atom. The number of nitrogens with one attached hydrogen (secondary N) is 3. The third-order valence-electron chi connectivity index (χ3n) is 3.17. The predicted molar refractivity (Wildman–Crippen MR) is 77.8 cm³/mol. The molecule has 1 heterocycles. The van der Waals surface area contributed by atoms with Crippen LogP contribution >= 0.6 is 0 Å². The number of hydrogen-bond donors (Lipinski definition) is 3. The summed E-state index contributed by atoms with van der Waals surface area (Å²) in [6, 6.07) is 5.27. The maximum absolute atomic E-state index is 11.8. The zero-order chi connectivity index (χ0) is 13.7. The van der Waals surface area contributed by atoms with Crippen molar-refractivity contribution in [1.29, 1.82) is 0 Å². The average Bonchev–Trinajstić information content (AvgIpc) is 2.43. The van der Waals surface area contributed by atoms with Gasteiger partial charge in [-0.25, -0.2) is 0 Å². The minimum absolute atomic E-state index is 0.272. The molecule has 0 radical (unpaired) electrons. The van der Waals surface area contributed by atoms with Gasteiger partial charge in [0.2, 0.25) is 0 Å². The van der Waals surface area contributed by atoms with Crippen LogP contribution in [0.25, 0.3) is 10.8 Å². The van der Waals surface area contributed by atoms with E-state index in [1.54, 1.807) is 12.1 Å². The predicted octanol–water partition coefficient (Wildman–Crippen LogP) is 2.21. The van der Waals surface area contributed by atoms with Crippen LogP contribution in [0.2, 0.25) is 0 Å². The van der Waals surface area contributed by atoms with Gasteiger partial charge in [-0.1, -0.05) is 32.3 Å². The lowest BCUT2D eigenvalue weighted by atomic mass is 10.1. The highest BCUT2D eigenvalue weighted by atomic mass is 16.1. The van der Waals surface area contributed by atoms with Gasteiger partial charge in [0.25, 0.3) is 11.1 Å². The minimum Gasteiger partial charge on any atom is -0.384 e. The van der Waals surface area contributed by atoms with Gasteiger partial charge >= 0.3 is 0 Å². The molecule has 0 amide bonds. The second kappa shape index (κ2) is 6.22.